The standard InChI is InChI=1S/C28H51NO5SSi2/c1-9-19-24(36(10-2,11-3)12-4)32-27(31)25(29)28(22-35-8,37(13-5,14-6)15-7)34-33-26(30)23-20-17-16-18-21-23/h16-18,20-21,24-25H,9-15,19,22,29H2,1-8H3. The van der Waals surface area contributed by atoms with E-state index in [2.05, 4.69) is 48.5 Å². The molecular weight excluding hydrogens is 519 g/mol. The second-order valence-corrected chi connectivity index (χ2v) is 22.0. The van der Waals surface area contributed by atoms with E-state index in [4.69, 9.17) is 20.2 Å². The van der Waals surface area contributed by atoms with E-state index >= 15 is 0 Å². The van der Waals surface area contributed by atoms with Crippen LogP contribution in [-0.4, -0.2) is 57.1 Å². The van der Waals surface area contributed by atoms with Gasteiger partial charge in [0.15, 0.2) is 0 Å². The first kappa shape index (κ1) is 33.9. The number of hydrogen-bond donors (Lipinski definition) is 1. The summed E-state index contributed by atoms with van der Waals surface area (Å²) in [6, 6.07) is 13.4. The molecular formula is C28H51NO5SSi2. The van der Waals surface area contributed by atoms with Crippen molar-refractivity contribution >= 4 is 39.8 Å². The van der Waals surface area contributed by atoms with Crippen molar-refractivity contribution < 1.29 is 24.1 Å². The van der Waals surface area contributed by atoms with Gasteiger partial charge in [-0.25, -0.2) is 4.79 Å². The Balaban J connectivity index is 3.50. The van der Waals surface area contributed by atoms with Gasteiger partial charge in [0.05, 0.1) is 11.3 Å². The van der Waals surface area contributed by atoms with Crippen LogP contribution >= 0.6 is 11.8 Å². The molecule has 1 rings (SSSR count). The molecule has 37 heavy (non-hydrogen) atoms. The molecule has 1 aromatic rings. The molecule has 0 heterocycles. The van der Waals surface area contributed by atoms with Crippen LogP contribution in [0.1, 0.15) is 71.7 Å². The highest BCUT2D eigenvalue weighted by atomic mass is 32.2. The quantitative estimate of drug-likeness (QED) is 0.0880. The third-order valence-electron chi connectivity index (χ3n) is 8.92. The van der Waals surface area contributed by atoms with E-state index in [1.807, 2.05) is 12.3 Å². The van der Waals surface area contributed by atoms with Crippen LogP contribution in [0, 0.1) is 0 Å². The van der Waals surface area contributed by atoms with Gasteiger partial charge in [0.25, 0.3) is 0 Å². The Labute approximate surface area is 231 Å². The van der Waals surface area contributed by atoms with E-state index in [1.165, 1.54) is 0 Å². The molecule has 0 aliphatic heterocycles. The molecule has 0 spiro atoms. The van der Waals surface area contributed by atoms with Crippen molar-refractivity contribution in [3.8, 4) is 0 Å². The minimum absolute atomic E-state index is 0.0872. The van der Waals surface area contributed by atoms with Gasteiger partial charge < -0.3 is 10.5 Å². The summed E-state index contributed by atoms with van der Waals surface area (Å²) in [5, 5.41) is -1.11. The van der Waals surface area contributed by atoms with Gasteiger partial charge in [0, 0.05) is 5.75 Å². The highest BCUT2D eigenvalue weighted by Crippen LogP contribution is 2.41. The average molecular weight is 570 g/mol. The van der Waals surface area contributed by atoms with E-state index in [-0.39, 0.29) is 5.73 Å². The number of ether oxygens (including phenoxy) is 1. The lowest BCUT2D eigenvalue weighted by molar-refractivity contribution is -0.292. The monoisotopic (exact) mass is 569 g/mol. The summed E-state index contributed by atoms with van der Waals surface area (Å²) in [7, 11) is -4.21. The van der Waals surface area contributed by atoms with Crippen LogP contribution in [0.15, 0.2) is 30.3 Å². The molecule has 6 nitrogen and oxygen atoms in total. The maximum atomic E-state index is 13.9. The van der Waals surface area contributed by atoms with E-state index in [0.717, 1.165) is 49.1 Å². The van der Waals surface area contributed by atoms with Crippen molar-refractivity contribution in [1.29, 1.82) is 0 Å². The van der Waals surface area contributed by atoms with Crippen LogP contribution in [0.25, 0.3) is 0 Å². The lowest BCUT2D eigenvalue weighted by Crippen LogP contribution is -2.72. The fourth-order valence-corrected chi connectivity index (χ4v) is 16.7. The summed E-state index contributed by atoms with van der Waals surface area (Å²) >= 11 is 1.56. The van der Waals surface area contributed by atoms with Crippen molar-refractivity contribution in [3.05, 3.63) is 35.9 Å². The van der Waals surface area contributed by atoms with E-state index in [1.54, 1.807) is 36.0 Å². The van der Waals surface area contributed by atoms with Gasteiger partial charge in [0.1, 0.15) is 27.4 Å². The highest BCUT2D eigenvalue weighted by Gasteiger charge is 2.59. The van der Waals surface area contributed by atoms with Gasteiger partial charge in [0.2, 0.25) is 0 Å². The fraction of sp³-hybridized carbons (Fsp3) is 0.714. The molecule has 9 heteroatoms. The molecule has 0 bridgehead atoms. The third kappa shape index (κ3) is 7.50. The fourth-order valence-electron chi connectivity index (χ4n) is 5.92. The van der Waals surface area contributed by atoms with Crippen LogP contribution < -0.4 is 5.73 Å². The maximum absolute atomic E-state index is 13.9. The van der Waals surface area contributed by atoms with E-state index in [0.29, 0.717) is 11.3 Å². The zero-order chi connectivity index (χ0) is 28.1. The Bertz CT molecular complexity index is 804. The number of esters is 1. The summed E-state index contributed by atoms with van der Waals surface area (Å²) in [6.07, 6.45) is 3.76. The Morgan fingerprint density at radius 3 is 1.89 bits per heavy atom. The number of rotatable bonds is 18. The summed E-state index contributed by atoms with van der Waals surface area (Å²) in [5.74, 6) is -0.567. The lowest BCUT2D eigenvalue weighted by Gasteiger charge is -2.48. The number of hydrogen-bond acceptors (Lipinski definition) is 7. The molecule has 0 radical (unpaired) electrons. The summed E-state index contributed by atoms with van der Waals surface area (Å²) < 4.78 is 6.35. The minimum atomic E-state index is -2.39. The Morgan fingerprint density at radius 2 is 1.46 bits per heavy atom. The smallest absolute Gasteiger partial charge is 0.373 e. The minimum Gasteiger partial charge on any atom is -0.465 e. The number of carbonyl (C=O) groups excluding carboxylic acids is 2. The van der Waals surface area contributed by atoms with Crippen LogP contribution in [0.3, 0.4) is 0 Å². The van der Waals surface area contributed by atoms with Crippen molar-refractivity contribution in [1.82, 2.24) is 0 Å². The molecule has 0 saturated carbocycles. The maximum Gasteiger partial charge on any atom is 0.373 e. The van der Waals surface area contributed by atoms with Crippen LogP contribution in [0.4, 0.5) is 0 Å². The Hall–Kier alpha value is -1.14. The predicted molar refractivity (Wildman–Crippen MR) is 161 cm³/mol. The number of carbonyl (C=O) groups is 2. The van der Waals surface area contributed by atoms with E-state index < -0.39 is 39.4 Å². The highest BCUT2D eigenvalue weighted by molar-refractivity contribution is 7.98. The molecule has 0 aliphatic rings. The summed E-state index contributed by atoms with van der Waals surface area (Å²) in [5.41, 5.74) is 7.18. The molecule has 1 aromatic carbocycles. The molecule has 0 saturated heterocycles. The molecule has 212 valence electrons. The van der Waals surface area contributed by atoms with Crippen LogP contribution in [0.2, 0.25) is 36.3 Å². The molecule has 3 unspecified atom stereocenters. The topological polar surface area (TPSA) is 87.8 Å². The molecule has 0 fully saturated rings. The lowest BCUT2D eigenvalue weighted by atomic mass is 10.2. The SMILES string of the molecule is CCCC(OC(=O)C(N)C(CSC)(OOC(=O)c1ccccc1)[Si](CC)(CC)CC)[Si](CC)(CC)CC. The summed E-state index contributed by atoms with van der Waals surface area (Å²) in [4.78, 5) is 38.5. The summed E-state index contributed by atoms with van der Waals surface area (Å²) in [6.45, 7) is 15.2. The van der Waals surface area contributed by atoms with E-state index in [9.17, 15) is 9.59 Å². The molecule has 0 aromatic heterocycles. The third-order valence-corrected chi connectivity index (χ3v) is 22.3. The van der Waals surface area contributed by atoms with Gasteiger partial charge in [-0.1, -0.05) is 109 Å². The van der Waals surface area contributed by atoms with Crippen molar-refractivity contribution in [2.45, 2.75) is 115 Å². The van der Waals surface area contributed by atoms with Gasteiger partial charge >= 0.3 is 11.9 Å². The Kier molecular flexibility index (Phi) is 14.7. The van der Waals surface area contributed by atoms with Gasteiger partial charge in [-0.05, 0) is 24.8 Å². The first-order chi connectivity index (χ1) is 17.7. The van der Waals surface area contributed by atoms with Crippen molar-refractivity contribution in [3.63, 3.8) is 0 Å². The zero-order valence-electron chi connectivity index (χ0n) is 24.4. The molecule has 3 atom stereocenters. The average Bonchev–Trinajstić information content (AvgIpc) is 2.93. The zero-order valence-corrected chi connectivity index (χ0v) is 27.2. The van der Waals surface area contributed by atoms with Gasteiger partial charge in [-0.3, -0.25) is 9.68 Å². The Morgan fingerprint density at radius 1 is 0.919 bits per heavy atom. The second-order valence-electron chi connectivity index (χ2n) is 10.1. The van der Waals surface area contributed by atoms with Crippen LogP contribution in [-0.2, 0) is 19.3 Å². The van der Waals surface area contributed by atoms with Gasteiger partial charge in [-0.15, -0.1) is 0 Å². The first-order valence-electron chi connectivity index (χ1n) is 14.1. The van der Waals surface area contributed by atoms with Crippen molar-refractivity contribution in [2.24, 2.45) is 5.73 Å². The largest absolute Gasteiger partial charge is 0.465 e. The molecule has 2 N–H and O–H groups in total. The first-order valence-corrected chi connectivity index (χ1v) is 20.8. The van der Waals surface area contributed by atoms with Crippen LogP contribution in [0.5, 0.6) is 0 Å². The second kappa shape index (κ2) is 16.1. The molecule has 0 amide bonds. The molecule has 0 aliphatic carbocycles. The normalized spacial score (nSPS) is 15.5. The number of thioether (sulfide) groups is 1. The number of nitrogens with two attached hydrogens (primary N) is 1. The predicted octanol–water partition coefficient (Wildman–Crippen LogP) is 7.01. The number of benzene rings is 1. The van der Waals surface area contributed by atoms with Gasteiger partial charge in [-0.2, -0.15) is 16.6 Å². The van der Waals surface area contributed by atoms with Crippen molar-refractivity contribution in [2.75, 3.05) is 12.0 Å².